The van der Waals surface area contributed by atoms with Crippen LogP contribution in [0.1, 0.15) is 23.6 Å². The van der Waals surface area contributed by atoms with Crippen molar-refractivity contribution < 1.29 is 0 Å². The Morgan fingerprint density at radius 3 is 2.96 bits per heavy atom. The molecule has 2 heterocycles. The molecule has 120 valence electrons. The Hall–Kier alpha value is -2.59. The fraction of sp³-hybridized carbons (Fsp3) is 0.158. The summed E-state index contributed by atoms with van der Waals surface area (Å²) in [6, 6.07) is 13.5. The molecule has 1 aliphatic heterocycles. The van der Waals surface area contributed by atoms with E-state index in [-0.39, 0.29) is 5.56 Å². The van der Waals surface area contributed by atoms with Gasteiger partial charge in [0.15, 0.2) is 0 Å². The number of pyridine rings is 1. The summed E-state index contributed by atoms with van der Waals surface area (Å²) >= 11 is 6.03. The second-order valence-electron chi connectivity index (χ2n) is 5.98. The summed E-state index contributed by atoms with van der Waals surface area (Å²) in [6.07, 6.45) is 0. The maximum Gasteiger partial charge on any atom is 0.253 e. The maximum absolute atomic E-state index is 12.2. The number of nitrogens with one attached hydrogen (secondary N) is 2. The lowest BCUT2D eigenvalue weighted by molar-refractivity contribution is 1.08. The summed E-state index contributed by atoms with van der Waals surface area (Å²) in [5.41, 5.74) is 5.88. The van der Waals surface area contributed by atoms with Gasteiger partial charge in [0.1, 0.15) is 0 Å². The molecular formula is C19H16ClN3O. The van der Waals surface area contributed by atoms with E-state index in [4.69, 9.17) is 11.6 Å². The first-order valence-corrected chi connectivity index (χ1v) is 8.17. The molecule has 1 aromatic heterocycles. The van der Waals surface area contributed by atoms with Crippen LogP contribution < -0.4 is 10.9 Å². The van der Waals surface area contributed by atoms with Crippen LogP contribution in [0.2, 0.25) is 5.02 Å². The van der Waals surface area contributed by atoms with Crippen molar-refractivity contribution in [3.63, 3.8) is 0 Å². The van der Waals surface area contributed by atoms with E-state index in [0.717, 1.165) is 28.8 Å². The maximum atomic E-state index is 12.2. The molecule has 5 heteroatoms. The third kappa shape index (κ3) is 2.69. The van der Waals surface area contributed by atoms with Crippen molar-refractivity contribution in [3.8, 4) is 0 Å². The van der Waals surface area contributed by atoms with E-state index in [2.05, 4.69) is 27.4 Å². The number of rotatable bonds is 3. The van der Waals surface area contributed by atoms with E-state index >= 15 is 0 Å². The van der Waals surface area contributed by atoms with Crippen LogP contribution in [-0.2, 0) is 13.1 Å². The van der Waals surface area contributed by atoms with Gasteiger partial charge in [-0.05, 0) is 48.9 Å². The predicted octanol–water partition coefficient (Wildman–Crippen LogP) is 4.12. The largest absolute Gasteiger partial charge is 0.381 e. The van der Waals surface area contributed by atoms with Crippen molar-refractivity contribution in [3.05, 3.63) is 74.5 Å². The van der Waals surface area contributed by atoms with Gasteiger partial charge < -0.3 is 10.3 Å². The normalized spacial score (nSPS) is 13.0. The minimum absolute atomic E-state index is 0.0855. The monoisotopic (exact) mass is 337 g/mol. The van der Waals surface area contributed by atoms with Gasteiger partial charge in [-0.1, -0.05) is 17.7 Å². The zero-order chi connectivity index (χ0) is 16.7. The third-order valence-electron chi connectivity index (χ3n) is 4.35. The number of hydrogen-bond acceptors (Lipinski definition) is 3. The number of aliphatic imine (C=N–C) groups is 1. The zero-order valence-corrected chi connectivity index (χ0v) is 13.9. The zero-order valence-electron chi connectivity index (χ0n) is 13.2. The van der Waals surface area contributed by atoms with Gasteiger partial charge in [0.2, 0.25) is 0 Å². The second kappa shape index (κ2) is 5.80. The minimum Gasteiger partial charge on any atom is -0.381 e. The number of benzene rings is 2. The molecule has 4 nitrogen and oxygen atoms in total. The molecule has 0 aliphatic carbocycles. The molecule has 0 bridgehead atoms. The second-order valence-corrected chi connectivity index (χ2v) is 6.42. The highest BCUT2D eigenvalue weighted by atomic mass is 35.5. The van der Waals surface area contributed by atoms with Crippen LogP contribution in [0.3, 0.4) is 0 Å². The summed E-state index contributed by atoms with van der Waals surface area (Å²) in [7, 11) is 0. The number of aromatic nitrogens is 1. The van der Waals surface area contributed by atoms with Crippen LogP contribution in [-0.4, -0.2) is 10.7 Å². The fourth-order valence-corrected chi connectivity index (χ4v) is 3.21. The van der Waals surface area contributed by atoms with Crippen molar-refractivity contribution >= 4 is 33.9 Å². The molecule has 2 aromatic carbocycles. The van der Waals surface area contributed by atoms with Gasteiger partial charge in [-0.25, -0.2) is 0 Å². The van der Waals surface area contributed by atoms with Crippen LogP contribution in [0, 0.1) is 0 Å². The van der Waals surface area contributed by atoms with Crippen molar-refractivity contribution in [1.82, 2.24) is 4.98 Å². The molecule has 0 spiro atoms. The molecule has 0 atom stereocenters. The van der Waals surface area contributed by atoms with Gasteiger partial charge in [0, 0.05) is 45.0 Å². The first-order valence-electron chi connectivity index (χ1n) is 7.80. The summed E-state index contributed by atoms with van der Waals surface area (Å²) < 4.78 is 0. The molecule has 0 amide bonds. The van der Waals surface area contributed by atoms with Gasteiger partial charge in [-0.3, -0.25) is 9.79 Å². The van der Waals surface area contributed by atoms with Crippen LogP contribution in [0.25, 0.3) is 10.9 Å². The number of H-pyrrole nitrogens is 1. The van der Waals surface area contributed by atoms with Crippen LogP contribution in [0.15, 0.2) is 52.3 Å². The summed E-state index contributed by atoms with van der Waals surface area (Å²) in [5, 5.41) is 4.90. The van der Waals surface area contributed by atoms with E-state index < -0.39 is 0 Å². The first-order chi connectivity index (χ1) is 11.6. The molecule has 24 heavy (non-hydrogen) atoms. The topological polar surface area (TPSA) is 57.2 Å². The summed E-state index contributed by atoms with van der Waals surface area (Å²) in [4.78, 5) is 19.6. The highest BCUT2D eigenvalue weighted by Gasteiger charge is 2.12. The Bertz CT molecular complexity index is 1040. The van der Waals surface area contributed by atoms with Gasteiger partial charge >= 0.3 is 0 Å². The highest BCUT2D eigenvalue weighted by molar-refractivity contribution is 6.31. The van der Waals surface area contributed by atoms with Crippen molar-refractivity contribution in [2.24, 2.45) is 4.99 Å². The first kappa shape index (κ1) is 15.0. The van der Waals surface area contributed by atoms with Gasteiger partial charge in [0.25, 0.3) is 5.56 Å². The molecule has 2 N–H and O–H groups in total. The number of nitrogens with zero attached hydrogens (tertiary/aromatic N) is 1. The van der Waals surface area contributed by atoms with Crippen LogP contribution in [0.5, 0.6) is 0 Å². The smallest absolute Gasteiger partial charge is 0.253 e. The van der Waals surface area contributed by atoms with Gasteiger partial charge in [-0.2, -0.15) is 0 Å². The summed E-state index contributed by atoms with van der Waals surface area (Å²) in [6.45, 7) is 3.21. The fourth-order valence-electron chi connectivity index (χ4n) is 3.03. The lowest BCUT2D eigenvalue weighted by Gasteiger charge is -2.09. The Morgan fingerprint density at radius 1 is 1.21 bits per heavy atom. The standard InChI is InChI=1S/C19H16ClN3O/c1-11-17-4-3-16(8-13(17)9-21-11)22-10-14-6-12-7-15(20)2-5-18(12)23-19(14)24/h2-8,22H,9-10H2,1H3,(H,23,24). The molecule has 0 unspecified atom stereocenters. The average Bonchev–Trinajstić information content (AvgIpc) is 2.94. The van der Waals surface area contributed by atoms with Gasteiger partial charge in [0.05, 0.1) is 6.54 Å². The lowest BCUT2D eigenvalue weighted by atomic mass is 10.1. The lowest BCUT2D eigenvalue weighted by Crippen LogP contribution is -2.15. The number of anilines is 1. The number of aromatic amines is 1. The Morgan fingerprint density at radius 2 is 2.08 bits per heavy atom. The molecule has 0 radical (unpaired) electrons. The molecular weight excluding hydrogens is 322 g/mol. The molecule has 4 rings (SSSR count). The molecule has 1 aliphatic rings. The molecule has 0 fully saturated rings. The average molecular weight is 338 g/mol. The van der Waals surface area contributed by atoms with Gasteiger partial charge in [-0.15, -0.1) is 0 Å². The number of halogens is 1. The molecule has 3 aromatic rings. The molecule has 0 saturated carbocycles. The van der Waals surface area contributed by atoms with Crippen LogP contribution in [0.4, 0.5) is 5.69 Å². The van der Waals surface area contributed by atoms with Crippen molar-refractivity contribution in [1.29, 1.82) is 0 Å². The predicted molar refractivity (Wildman–Crippen MR) is 99.3 cm³/mol. The van der Waals surface area contributed by atoms with E-state index in [1.54, 1.807) is 6.07 Å². The van der Waals surface area contributed by atoms with Crippen molar-refractivity contribution in [2.75, 3.05) is 5.32 Å². The van der Waals surface area contributed by atoms with E-state index in [9.17, 15) is 4.79 Å². The Kier molecular flexibility index (Phi) is 3.62. The van der Waals surface area contributed by atoms with Crippen LogP contribution >= 0.6 is 11.6 Å². The van der Waals surface area contributed by atoms with E-state index in [1.165, 1.54) is 11.1 Å². The Labute approximate surface area is 144 Å². The van der Waals surface area contributed by atoms with E-state index in [1.807, 2.05) is 31.2 Å². The van der Waals surface area contributed by atoms with Crippen molar-refractivity contribution in [2.45, 2.75) is 20.0 Å². The van der Waals surface area contributed by atoms with E-state index in [0.29, 0.717) is 17.1 Å². The quantitative estimate of drug-likeness (QED) is 0.755. The SMILES string of the molecule is CC1=NCc2cc(NCc3cc4cc(Cl)ccc4[nH]c3=O)ccc21. The third-order valence-corrected chi connectivity index (χ3v) is 4.58. The number of hydrogen-bond donors (Lipinski definition) is 2. The molecule has 0 saturated heterocycles. The number of fused-ring (bicyclic) bond motifs is 2. The Balaban J connectivity index is 1.59. The highest BCUT2D eigenvalue weighted by Crippen LogP contribution is 2.23. The summed E-state index contributed by atoms with van der Waals surface area (Å²) in [5.74, 6) is 0. The minimum atomic E-state index is -0.0855.